The van der Waals surface area contributed by atoms with Gasteiger partial charge >= 0.3 is 0 Å². The lowest BCUT2D eigenvalue weighted by Gasteiger charge is -2.13. The monoisotopic (exact) mass is 305 g/mol. The third-order valence-corrected chi connectivity index (χ3v) is 4.35. The molecular formula is C11H16BrNO2S. The van der Waals surface area contributed by atoms with Crippen molar-refractivity contribution in [3.63, 3.8) is 0 Å². The third-order valence-electron chi connectivity index (χ3n) is 2.18. The smallest absolute Gasteiger partial charge is 0.208 e. The molecule has 0 aromatic heterocycles. The van der Waals surface area contributed by atoms with Gasteiger partial charge in [-0.05, 0) is 31.9 Å². The molecule has 0 aliphatic rings. The highest BCUT2D eigenvalue weighted by Crippen LogP contribution is 2.09. The Hall–Kier alpha value is -0.390. The van der Waals surface area contributed by atoms with Crippen LogP contribution in [-0.2, 0) is 10.0 Å². The van der Waals surface area contributed by atoms with Crippen molar-refractivity contribution in [3.8, 4) is 0 Å². The lowest BCUT2D eigenvalue weighted by molar-refractivity contribution is 0.545. The summed E-state index contributed by atoms with van der Waals surface area (Å²) >= 11 is 3.33. The molecule has 16 heavy (non-hydrogen) atoms. The molecule has 0 aliphatic heterocycles. The first-order valence-electron chi connectivity index (χ1n) is 5.19. The van der Waals surface area contributed by atoms with Crippen LogP contribution < -0.4 is 4.72 Å². The summed E-state index contributed by atoms with van der Waals surface area (Å²) in [6.07, 6.45) is 1.79. The van der Waals surface area contributed by atoms with Gasteiger partial charge in [0.05, 0.1) is 4.90 Å². The van der Waals surface area contributed by atoms with Crippen molar-refractivity contribution in [1.29, 1.82) is 0 Å². The molecule has 0 aliphatic carbocycles. The number of nitrogens with one attached hydrogen (secondary N) is 1. The van der Waals surface area contributed by atoms with E-state index in [-0.39, 0.29) is 6.04 Å². The van der Waals surface area contributed by atoms with Crippen molar-refractivity contribution in [2.75, 3.05) is 5.33 Å². The largest absolute Gasteiger partial charge is 0.240 e. The maximum atomic E-state index is 11.9. The Morgan fingerprint density at radius 3 is 2.50 bits per heavy atom. The van der Waals surface area contributed by atoms with Gasteiger partial charge in [-0.2, -0.15) is 0 Å². The molecule has 0 spiro atoms. The topological polar surface area (TPSA) is 46.2 Å². The second-order valence-corrected chi connectivity index (χ2v) is 6.17. The molecule has 1 N–H and O–H groups in total. The van der Waals surface area contributed by atoms with Crippen LogP contribution >= 0.6 is 15.9 Å². The molecule has 1 aromatic rings. The van der Waals surface area contributed by atoms with Gasteiger partial charge in [0.25, 0.3) is 0 Å². The Labute approximate surface area is 105 Å². The molecule has 3 nitrogen and oxygen atoms in total. The van der Waals surface area contributed by atoms with Gasteiger partial charge in [-0.3, -0.25) is 0 Å². The summed E-state index contributed by atoms with van der Waals surface area (Å²) in [4.78, 5) is 0.320. The minimum absolute atomic E-state index is 0.0391. The first kappa shape index (κ1) is 13.7. The summed E-state index contributed by atoms with van der Waals surface area (Å²) in [5.41, 5.74) is 0. The van der Waals surface area contributed by atoms with Crippen LogP contribution in [-0.4, -0.2) is 19.8 Å². The summed E-state index contributed by atoms with van der Waals surface area (Å²) in [6, 6.07) is 8.39. The Balaban J connectivity index is 2.66. The van der Waals surface area contributed by atoms with Crippen LogP contribution in [0.25, 0.3) is 0 Å². The highest BCUT2D eigenvalue weighted by molar-refractivity contribution is 9.09. The Morgan fingerprint density at radius 2 is 1.94 bits per heavy atom. The van der Waals surface area contributed by atoms with Crippen molar-refractivity contribution in [1.82, 2.24) is 4.72 Å². The van der Waals surface area contributed by atoms with Gasteiger partial charge in [-0.1, -0.05) is 34.1 Å². The molecule has 1 rings (SSSR count). The quantitative estimate of drug-likeness (QED) is 0.821. The van der Waals surface area contributed by atoms with Gasteiger partial charge in [0.2, 0.25) is 10.0 Å². The number of rotatable bonds is 6. The van der Waals surface area contributed by atoms with Crippen LogP contribution in [0.5, 0.6) is 0 Å². The standard InChI is InChI=1S/C11H16BrNO2S/c1-10(6-5-9-12)13-16(14,15)11-7-3-2-4-8-11/h2-4,7-8,10,13H,5-6,9H2,1H3/t10-/m1/s1. The van der Waals surface area contributed by atoms with Crippen molar-refractivity contribution in [3.05, 3.63) is 30.3 Å². The van der Waals surface area contributed by atoms with Crippen molar-refractivity contribution < 1.29 is 8.42 Å². The first-order chi connectivity index (χ1) is 7.56. The Kier molecular flexibility index (Phi) is 5.44. The van der Waals surface area contributed by atoms with E-state index >= 15 is 0 Å². The predicted octanol–water partition coefficient (Wildman–Crippen LogP) is 2.53. The van der Waals surface area contributed by atoms with E-state index in [0.717, 1.165) is 18.2 Å². The molecule has 1 aromatic carbocycles. The van der Waals surface area contributed by atoms with Gasteiger partial charge in [0.1, 0.15) is 0 Å². The normalized spacial score (nSPS) is 13.6. The SMILES string of the molecule is C[C@H](CCCBr)NS(=O)(=O)c1ccccc1. The highest BCUT2D eigenvalue weighted by Gasteiger charge is 2.16. The molecular weight excluding hydrogens is 290 g/mol. The van der Waals surface area contributed by atoms with E-state index in [0.29, 0.717) is 4.90 Å². The fourth-order valence-corrected chi connectivity index (χ4v) is 3.00. The van der Waals surface area contributed by atoms with Crippen molar-refractivity contribution in [2.45, 2.75) is 30.7 Å². The van der Waals surface area contributed by atoms with E-state index in [1.807, 2.05) is 6.92 Å². The Morgan fingerprint density at radius 1 is 1.31 bits per heavy atom. The van der Waals surface area contributed by atoms with Gasteiger partial charge in [-0.25, -0.2) is 13.1 Å². The van der Waals surface area contributed by atoms with E-state index in [9.17, 15) is 8.42 Å². The molecule has 1 atom stereocenters. The zero-order valence-electron chi connectivity index (χ0n) is 9.19. The number of alkyl halides is 1. The fraction of sp³-hybridized carbons (Fsp3) is 0.455. The molecule has 0 fully saturated rings. The van der Waals surface area contributed by atoms with E-state index in [1.54, 1.807) is 30.3 Å². The average Bonchev–Trinajstić information content (AvgIpc) is 2.27. The second-order valence-electron chi connectivity index (χ2n) is 3.67. The first-order valence-corrected chi connectivity index (χ1v) is 7.80. The van der Waals surface area contributed by atoms with Crippen molar-refractivity contribution in [2.24, 2.45) is 0 Å². The number of benzene rings is 1. The van der Waals surface area contributed by atoms with Gasteiger partial charge < -0.3 is 0 Å². The van der Waals surface area contributed by atoms with Gasteiger partial charge in [-0.15, -0.1) is 0 Å². The van der Waals surface area contributed by atoms with E-state index in [4.69, 9.17) is 0 Å². The van der Waals surface area contributed by atoms with Crippen LogP contribution in [0.1, 0.15) is 19.8 Å². The molecule has 5 heteroatoms. The molecule has 0 radical (unpaired) electrons. The minimum atomic E-state index is -3.36. The maximum absolute atomic E-state index is 11.9. The fourth-order valence-electron chi connectivity index (χ4n) is 1.37. The predicted molar refractivity (Wildman–Crippen MR) is 69.3 cm³/mol. The third kappa shape index (κ3) is 4.23. The van der Waals surface area contributed by atoms with E-state index in [2.05, 4.69) is 20.7 Å². The lowest BCUT2D eigenvalue weighted by atomic mass is 10.2. The molecule has 0 unspecified atom stereocenters. The van der Waals surface area contributed by atoms with Gasteiger partial charge in [0.15, 0.2) is 0 Å². The Bertz CT molecular complexity index is 405. The maximum Gasteiger partial charge on any atom is 0.240 e. The molecule has 0 saturated heterocycles. The summed E-state index contributed by atoms with van der Waals surface area (Å²) < 4.78 is 26.4. The van der Waals surface area contributed by atoms with Crippen LogP contribution in [0.15, 0.2) is 35.2 Å². The average molecular weight is 306 g/mol. The van der Waals surface area contributed by atoms with Gasteiger partial charge in [0, 0.05) is 11.4 Å². The van der Waals surface area contributed by atoms with Crippen LogP contribution in [0.4, 0.5) is 0 Å². The lowest BCUT2D eigenvalue weighted by Crippen LogP contribution is -2.32. The highest BCUT2D eigenvalue weighted by atomic mass is 79.9. The molecule has 0 bridgehead atoms. The number of hydrogen-bond donors (Lipinski definition) is 1. The minimum Gasteiger partial charge on any atom is -0.208 e. The zero-order valence-corrected chi connectivity index (χ0v) is 11.6. The van der Waals surface area contributed by atoms with Crippen molar-refractivity contribution >= 4 is 26.0 Å². The molecule has 0 amide bonds. The summed E-state index contributed by atoms with van der Waals surface area (Å²) in [6.45, 7) is 1.88. The summed E-state index contributed by atoms with van der Waals surface area (Å²) in [5, 5.41) is 0.893. The van der Waals surface area contributed by atoms with E-state index in [1.165, 1.54) is 0 Å². The summed E-state index contributed by atoms with van der Waals surface area (Å²) in [7, 11) is -3.36. The number of sulfonamides is 1. The van der Waals surface area contributed by atoms with Crippen LogP contribution in [0.3, 0.4) is 0 Å². The van der Waals surface area contributed by atoms with Crippen LogP contribution in [0, 0.1) is 0 Å². The zero-order chi connectivity index (χ0) is 12.0. The summed E-state index contributed by atoms with van der Waals surface area (Å²) in [5.74, 6) is 0. The molecule has 90 valence electrons. The number of hydrogen-bond acceptors (Lipinski definition) is 2. The molecule has 0 heterocycles. The number of halogens is 1. The van der Waals surface area contributed by atoms with E-state index < -0.39 is 10.0 Å². The van der Waals surface area contributed by atoms with Crippen LogP contribution in [0.2, 0.25) is 0 Å². The molecule has 0 saturated carbocycles. The second kappa shape index (κ2) is 6.37.